The molecule has 128 valence electrons. The molecular formula is C17H18O7. The van der Waals surface area contributed by atoms with Crippen LogP contribution in [0.25, 0.3) is 0 Å². The number of carbonyl (C=O) groups excluding carboxylic acids is 1. The molecule has 0 unspecified atom stereocenters. The monoisotopic (exact) mass is 334 g/mol. The molecule has 0 radical (unpaired) electrons. The van der Waals surface area contributed by atoms with E-state index in [2.05, 4.69) is 0 Å². The third-order valence-electron chi connectivity index (χ3n) is 3.56. The Bertz CT molecular complexity index is 705. The van der Waals surface area contributed by atoms with E-state index in [4.69, 9.17) is 9.47 Å². The predicted octanol–water partition coefficient (Wildman–Crippen LogP) is 1.33. The fraction of sp³-hybridized carbons (Fsp3) is 0.235. The Morgan fingerprint density at radius 3 is 1.50 bits per heavy atom. The summed E-state index contributed by atoms with van der Waals surface area (Å²) in [5, 5.41) is 39.0. The van der Waals surface area contributed by atoms with Gasteiger partial charge < -0.3 is 29.9 Å². The number of aliphatic hydroxyl groups excluding tert-OH is 2. The zero-order chi connectivity index (χ0) is 17.9. The summed E-state index contributed by atoms with van der Waals surface area (Å²) < 4.78 is 9.99. The molecule has 0 spiro atoms. The van der Waals surface area contributed by atoms with Gasteiger partial charge in [-0.3, -0.25) is 4.79 Å². The van der Waals surface area contributed by atoms with Gasteiger partial charge in [-0.2, -0.15) is 0 Å². The van der Waals surface area contributed by atoms with Crippen LogP contribution in [-0.4, -0.2) is 40.4 Å². The highest BCUT2D eigenvalue weighted by Crippen LogP contribution is 2.37. The van der Waals surface area contributed by atoms with E-state index in [0.717, 1.165) is 0 Å². The van der Waals surface area contributed by atoms with Gasteiger partial charge in [-0.05, 0) is 35.4 Å². The van der Waals surface area contributed by atoms with Gasteiger partial charge in [0.2, 0.25) is 5.78 Å². The Labute approximate surface area is 138 Å². The third kappa shape index (κ3) is 3.12. The summed E-state index contributed by atoms with van der Waals surface area (Å²) in [4.78, 5) is 12.8. The van der Waals surface area contributed by atoms with Gasteiger partial charge in [0.05, 0.1) is 38.6 Å². The summed E-state index contributed by atoms with van der Waals surface area (Å²) in [5.41, 5.74) is 0.423. The van der Waals surface area contributed by atoms with Crippen LogP contribution in [0.2, 0.25) is 0 Å². The first-order chi connectivity index (χ1) is 11.5. The molecular weight excluding hydrogens is 316 g/mol. The molecule has 0 aliphatic rings. The maximum atomic E-state index is 12.8. The third-order valence-corrected chi connectivity index (χ3v) is 3.56. The van der Waals surface area contributed by atoms with E-state index >= 15 is 0 Å². The van der Waals surface area contributed by atoms with Crippen molar-refractivity contribution in [2.24, 2.45) is 0 Å². The summed E-state index contributed by atoms with van der Waals surface area (Å²) >= 11 is 0. The largest absolute Gasteiger partial charge is 0.504 e. The van der Waals surface area contributed by atoms with E-state index in [0.29, 0.717) is 11.1 Å². The summed E-state index contributed by atoms with van der Waals surface area (Å²) in [7, 11) is 2.63. The van der Waals surface area contributed by atoms with E-state index in [9.17, 15) is 25.2 Å². The molecule has 0 aliphatic heterocycles. The number of ether oxygens (including phenoxy) is 2. The molecule has 0 amide bonds. The van der Waals surface area contributed by atoms with Crippen molar-refractivity contribution in [1.29, 1.82) is 0 Å². The van der Waals surface area contributed by atoms with Gasteiger partial charge in [0.1, 0.15) is 0 Å². The SMILES string of the molecule is COc1cc(CO)cc(C(=O)c2cc(CO)cc(OC)c2O)c1O. The smallest absolute Gasteiger partial charge is 0.200 e. The Balaban J connectivity index is 2.65. The van der Waals surface area contributed by atoms with Crippen molar-refractivity contribution in [3.63, 3.8) is 0 Å². The maximum Gasteiger partial charge on any atom is 0.200 e. The van der Waals surface area contributed by atoms with Crippen molar-refractivity contribution >= 4 is 5.78 Å². The molecule has 2 aromatic carbocycles. The van der Waals surface area contributed by atoms with Crippen molar-refractivity contribution in [2.45, 2.75) is 13.2 Å². The summed E-state index contributed by atoms with van der Waals surface area (Å²) in [6.07, 6.45) is 0. The second-order valence-corrected chi connectivity index (χ2v) is 5.03. The molecule has 0 heterocycles. The first-order valence-corrected chi connectivity index (χ1v) is 7.03. The lowest BCUT2D eigenvalue weighted by Gasteiger charge is -2.13. The summed E-state index contributed by atoms with van der Waals surface area (Å²) in [6, 6.07) is 5.41. The van der Waals surface area contributed by atoms with E-state index in [1.54, 1.807) is 0 Å². The standard InChI is InChI=1S/C17H18O7/c1-23-13-5-9(7-18)3-11(16(13)21)15(20)12-4-10(8-19)6-14(24-2)17(12)22/h3-6,18-19,21-22H,7-8H2,1-2H3. The van der Waals surface area contributed by atoms with Gasteiger partial charge in [0.25, 0.3) is 0 Å². The molecule has 0 aliphatic carbocycles. The number of rotatable bonds is 6. The predicted molar refractivity (Wildman–Crippen MR) is 84.6 cm³/mol. The molecule has 0 fully saturated rings. The van der Waals surface area contributed by atoms with Crippen molar-refractivity contribution < 1.29 is 34.7 Å². The van der Waals surface area contributed by atoms with Crippen LogP contribution in [0.15, 0.2) is 24.3 Å². The van der Waals surface area contributed by atoms with Crippen molar-refractivity contribution in [3.05, 3.63) is 46.5 Å². The van der Waals surface area contributed by atoms with Gasteiger partial charge in [-0.1, -0.05) is 0 Å². The number of hydrogen-bond acceptors (Lipinski definition) is 7. The average Bonchev–Trinajstić information content (AvgIpc) is 2.61. The molecule has 7 heteroatoms. The van der Waals surface area contributed by atoms with Crippen molar-refractivity contribution in [1.82, 2.24) is 0 Å². The van der Waals surface area contributed by atoms with Gasteiger partial charge in [-0.25, -0.2) is 0 Å². The second kappa shape index (κ2) is 7.20. The van der Waals surface area contributed by atoms with E-state index in [1.807, 2.05) is 0 Å². The van der Waals surface area contributed by atoms with Gasteiger partial charge in [-0.15, -0.1) is 0 Å². The fourth-order valence-electron chi connectivity index (χ4n) is 2.31. The van der Waals surface area contributed by atoms with Crippen LogP contribution in [0.4, 0.5) is 0 Å². The van der Waals surface area contributed by atoms with Crippen LogP contribution in [0.1, 0.15) is 27.0 Å². The number of phenolic OH excluding ortho intramolecular Hbond substituents is 2. The lowest BCUT2D eigenvalue weighted by Crippen LogP contribution is -2.06. The van der Waals surface area contributed by atoms with Crippen LogP contribution in [-0.2, 0) is 13.2 Å². The number of carbonyl (C=O) groups is 1. The topological polar surface area (TPSA) is 116 Å². The highest BCUT2D eigenvalue weighted by Gasteiger charge is 2.23. The number of phenols is 2. The highest BCUT2D eigenvalue weighted by atomic mass is 16.5. The highest BCUT2D eigenvalue weighted by molar-refractivity contribution is 6.13. The second-order valence-electron chi connectivity index (χ2n) is 5.03. The summed E-state index contributed by atoms with van der Waals surface area (Å²) in [5.74, 6) is -1.48. The minimum Gasteiger partial charge on any atom is -0.504 e. The zero-order valence-electron chi connectivity index (χ0n) is 13.2. The van der Waals surface area contributed by atoms with Crippen LogP contribution < -0.4 is 9.47 Å². The average molecular weight is 334 g/mol. The van der Waals surface area contributed by atoms with Crippen molar-refractivity contribution in [2.75, 3.05) is 14.2 Å². The lowest BCUT2D eigenvalue weighted by molar-refractivity contribution is 0.103. The van der Waals surface area contributed by atoms with Gasteiger partial charge in [0, 0.05) is 0 Å². The normalized spacial score (nSPS) is 10.5. The first-order valence-electron chi connectivity index (χ1n) is 7.03. The van der Waals surface area contributed by atoms with Gasteiger partial charge >= 0.3 is 0 Å². The van der Waals surface area contributed by atoms with Crippen LogP contribution in [0.5, 0.6) is 23.0 Å². The molecule has 24 heavy (non-hydrogen) atoms. The minimum absolute atomic E-state index is 0.0228. The molecule has 0 atom stereocenters. The van der Waals surface area contributed by atoms with Crippen LogP contribution >= 0.6 is 0 Å². The number of aromatic hydroxyl groups is 2. The number of hydrogen-bond donors (Lipinski definition) is 4. The fourth-order valence-corrected chi connectivity index (χ4v) is 2.31. The molecule has 0 aromatic heterocycles. The number of methoxy groups -OCH3 is 2. The Morgan fingerprint density at radius 2 is 1.21 bits per heavy atom. The van der Waals surface area contributed by atoms with E-state index < -0.39 is 17.3 Å². The zero-order valence-corrected chi connectivity index (χ0v) is 13.2. The van der Waals surface area contributed by atoms with Crippen molar-refractivity contribution in [3.8, 4) is 23.0 Å². The van der Waals surface area contributed by atoms with Crippen LogP contribution in [0, 0.1) is 0 Å². The first kappa shape index (κ1) is 17.6. The molecule has 7 nitrogen and oxygen atoms in total. The molecule has 0 bridgehead atoms. The van der Waals surface area contributed by atoms with E-state index in [1.165, 1.54) is 38.5 Å². The Morgan fingerprint density at radius 1 is 0.833 bits per heavy atom. The number of benzene rings is 2. The Kier molecular flexibility index (Phi) is 5.28. The molecule has 0 saturated heterocycles. The van der Waals surface area contributed by atoms with Gasteiger partial charge in [0.15, 0.2) is 23.0 Å². The van der Waals surface area contributed by atoms with E-state index in [-0.39, 0.29) is 35.8 Å². The minimum atomic E-state index is -0.702. The molecule has 2 rings (SSSR count). The number of aliphatic hydroxyl groups is 2. The quantitative estimate of drug-likeness (QED) is 0.589. The number of ketones is 1. The molecule has 2 aromatic rings. The Hall–Kier alpha value is -2.77. The summed E-state index contributed by atoms with van der Waals surface area (Å²) in [6.45, 7) is -0.716. The lowest BCUT2D eigenvalue weighted by atomic mass is 9.97. The van der Waals surface area contributed by atoms with Crippen LogP contribution in [0.3, 0.4) is 0 Å². The maximum absolute atomic E-state index is 12.8. The molecule has 0 saturated carbocycles. The molecule has 4 N–H and O–H groups in total.